The Labute approximate surface area is 117 Å². The van der Waals surface area contributed by atoms with E-state index in [2.05, 4.69) is 12.0 Å². The SMILES string of the molecule is CC1CCCCC1Sn1ncc2ccccc2c1=O. The molecule has 3 rings (SSSR count). The van der Waals surface area contributed by atoms with Crippen LogP contribution >= 0.6 is 11.9 Å². The van der Waals surface area contributed by atoms with Gasteiger partial charge in [-0.05, 0) is 36.8 Å². The molecular weight excluding hydrogens is 256 g/mol. The molecule has 3 nitrogen and oxygen atoms in total. The lowest BCUT2D eigenvalue weighted by atomic mass is 9.90. The van der Waals surface area contributed by atoms with Crippen LogP contribution in [0.25, 0.3) is 10.8 Å². The first kappa shape index (κ1) is 12.7. The number of hydrogen-bond donors (Lipinski definition) is 0. The summed E-state index contributed by atoms with van der Waals surface area (Å²) in [6.07, 6.45) is 6.83. The van der Waals surface area contributed by atoms with Crippen LogP contribution in [0.2, 0.25) is 0 Å². The third kappa shape index (κ3) is 2.54. The minimum Gasteiger partial charge on any atom is -0.266 e. The fraction of sp³-hybridized carbons (Fsp3) is 0.467. The Bertz CT molecular complexity index is 637. The van der Waals surface area contributed by atoms with E-state index in [9.17, 15) is 4.79 Å². The Hall–Kier alpha value is -1.29. The molecule has 0 N–H and O–H groups in total. The van der Waals surface area contributed by atoms with Gasteiger partial charge in [0.05, 0.1) is 11.6 Å². The van der Waals surface area contributed by atoms with Crippen molar-refractivity contribution in [2.45, 2.75) is 37.9 Å². The van der Waals surface area contributed by atoms with E-state index in [1.165, 1.54) is 25.7 Å². The number of benzene rings is 1. The lowest BCUT2D eigenvalue weighted by molar-refractivity contribution is 0.396. The summed E-state index contributed by atoms with van der Waals surface area (Å²) in [5, 5.41) is 6.49. The molecule has 1 aliphatic rings. The zero-order valence-corrected chi connectivity index (χ0v) is 11.9. The molecule has 2 atom stereocenters. The normalized spacial score (nSPS) is 23.6. The molecule has 19 heavy (non-hydrogen) atoms. The largest absolute Gasteiger partial charge is 0.285 e. The Kier molecular flexibility index (Phi) is 3.60. The van der Waals surface area contributed by atoms with Gasteiger partial charge in [0.15, 0.2) is 0 Å². The van der Waals surface area contributed by atoms with E-state index in [1.807, 2.05) is 24.3 Å². The summed E-state index contributed by atoms with van der Waals surface area (Å²) >= 11 is 1.61. The standard InChI is InChI=1S/C15H18N2OS/c1-11-6-2-5-9-14(11)19-17-15(18)13-8-4-3-7-12(13)10-16-17/h3-4,7-8,10-11,14H,2,5-6,9H2,1H3. The molecule has 0 bridgehead atoms. The number of nitrogens with zero attached hydrogens (tertiary/aromatic N) is 2. The third-order valence-electron chi connectivity index (χ3n) is 3.93. The van der Waals surface area contributed by atoms with Crippen LogP contribution in [0.5, 0.6) is 0 Å². The van der Waals surface area contributed by atoms with Gasteiger partial charge in [0.25, 0.3) is 5.56 Å². The number of hydrogen-bond acceptors (Lipinski definition) is 3. The van der Waals surface area contributed by atoms with Crippen molar-refractivity contribution < 1.29 is 0 Å². The number of rotatable bonds is 2. The van der Waals surface area contributed by atoms with Gasteiger partial charge in [-0.3, -0.25) is 4.79 Å². The smallest absolute Gasteiger partial charge is 0.266 e. The molecule has 1 aromatic carbocycles. The lowest BCUT2D eigenvalue weighted by Gasteiger charge is -2.27. The molecule has 100 valence electrons. The molecule has 2 unspecified atom stereocenters. The van der Waals surface area contributed by atoms with Crippen molar-refractivity contribution in [2.75, 3.05) is 0 Å². The van der Waals surface area contributed by atoms with Crippen LogP contribution in [-0.4, -0.2) is 14.4 Å². The van der Waals surface area contributed by atoms with Crippen molar-refractivity contribution in [3.8, 4) is 0 Å². The van der Waals surface area contributed by atoms with Gasteiger partial charge in [-0.25, -0.2) is 0 Å². The van der Waals surface area contributed by atoms with Crippen molar-refractivity contribution in [3.05, 3.63) is 40.8 Å². The fourth-order valence-electron chi connectivity index (χ4n) is 2.72. The van der Waals surface area contributed by atoms with Crippen LogP contribution in [0.3, 0.4) is 0 Å². The summed E-state index contributed by atoms with van der Waals surface area (Å²) in [5.41, 5.74) is 0.0147. The zero-order chi connectivity index (χ0) is 13.2. The van der Waals surface area contributed by atoms with Gasteiger partial charge >= 0.3 is 0 Å². The highest BCUT2D eigenvalue weighted by Crippen LogP contribution is 2.32. The van der Waals surface area contributed by atoms with Gasteiger partial charge in [-0.1, -0.05) is 38.0 Å². The highest BCUT2D eigenvalue weighted by atomic mass is 32.2. The van der Waals surface area contributed by atoms with Gasteiger partial charge in [-0.15, -0.1) is 0 Å². The molecule has 2 aromatic rings. The van der Waals surface area contributed by atoms with Gasteiger partial charge in [-0.2, -0.15) is 9.19 Å². The quantitative estimate of drug-likeness (QED) is 0.841. The summed E-state index contributed by atoms with van der Waals surface area (Å²) in [6, 6.07) is 7.65. The minimum absolute atomic E-state index is 0.0147. The maximum Gasteiger partial charge on any atom is 0.285 e. The highest BCUT2D eigenvalue weighted by molar-refractivity contribution is 7.98. The zero-order valence-electron chi connectivity index (χ0n) is 11.1. The highest BCUT2D eigenvalue weighted by Gasteiger charge is 2.23. The van der Waals surface area contributed by atoms with Crippen LogP contribution < -0.4 is 5.56 Å². The molecule has 0 saturated heterocycles. The van der Waals surface area contributed by atoms with E-state index in [-0.39, 0.29) is 5.56 Å². The van der Waals surface area contributed by atoms with E-state index in [0.29, 0.717) is 11.2 Å². The first-order valence-electron chi connectivity index (χ1n) is 6.90. The Morgan fingerprint density at radius 1 is 1.26 bits per heavy atom. The summed E-state index contributed by atoms with van der Waals surface area (Å²) < 4.78 is 1.58. The number of aromatic nitrogens is 2. The first-order chi connectivity index (χ1) is 9.25. The molecular formula is C15H18N2OS. The van der Waals surface area contributed by atoms with E-state index in [1.54, 1.807) is 22.2 Å². The molecule has 4 heteroatoms. The monoisotopic (exact) mass is 274 g/mol. The Morgan fingerprint density at radius 2 is 2.05 bits per heavy atom. The fourth-order valence-corrected chi connectivity index (χ4v) is 3.88. The van der Waals surface area contributed by atoms with Gasteiger partial charge in [0.2, 0.25) is 0 Å². The summed E-state index contributed by atoms with van der Waals surface area (Å²) in [5.74, 6) is 0.666. The molecule has 1 heterocycles. The van der Waals surface area contributed by atoms with Crippen LogP contribution in [0.1, 0.15) is 32.6 Å². The third-order valence-corrected chi connectivity index (χ3v) is 5.37. The maximum atomic E-state index is 12.4. The topological polar surface area (TPSA) is 34.9 Å². The number of fused-ring (bicyclic) bond motifs is 1. The van der Waals surface area contributed by atoms with Crippen molar-refractivity contribution in [3.63, 3.8) is 0 Å². The second-order valence-corrected chi connectivity index (χ2v) is 6.48. The lowest BCUT2D eigenvalue weighted by Crippen LogP contribution is -2.26. The average molecular weight is 274 g/mol. The van der Waals surface area contributed by atoms with E-state index in [4.69, 9.17) is 0 Å². The van der Waals surface area contributed by atoms with Gasteiger partial charge in [0, 0.05) is 10.6 Å². The first-order valence-corrected chi connectivity index (χ1v) is 7.73. The van der Waals surface area contributed by atoms with Crippen molar-refractivity contribution in [2.24, 2.45) is 5.92 Å². The van der Waals surface area contributed by atoms with Crippen LogP contribution in [0.15, 0.2) is 35.3 Å². The molecule has 0 spiro atoms. The predicted octanol–water partition coefficient (Wildman–Crippen LogP) is 3.47. The van der Waals surface area contributed by atoms with Crippen LogP contribution in [0, 0.1) is 5.92 Å². The molecule has 1 aromatic heterocycles. The Balaban J connectivity index is 1.93. The molecule has 0 aliphatic heterocycles. The molecule has 0 amide bonds. The van der Waals surface area contributed by atoms with Crippen molar-refractivity contribution >= 4 is 22.7 Å². The second-order valence-electron chi connectivity index (χ2n) is 5.32. The van der Waals surface area contributed by atoms with Crippen LogP contribution in [-0.2, 0) is 0 Å². The van der Waals surface area contributed by atoms with Gasteiger partial charge in [0.1, 0.15) is 0 Å². The summed E-state index contributed by atoms with van der Waals surface area (Å²) in [7, 11) is 0. The molecule has 0 radical (unpaired) electrons. The summed E-state index contributed by atoms with van der Waals surface area (Å²) in [6.45, 7) is 2.28. The van der Waals surface area contributed by atoms with Gasteiger partial charge < -0.3 is 0 Å². The van der Waals surface area contributed by atoms with Crippen molar-refractivity contribution in [1.29, 1.82) is 0 Å². The molecule has 1 fully saturated rings. The average Bonchev–Trinajstić information content (AvgIpc) is 2.44. The van der Waals surface area contributed by atoms with E-state index >= 15 is 0 Å². The Morgan fingerprint density at radius 3 is 2.89 bits per heavy atom. The maximum absolute atomic E-state index is 12.4. The van der Waals surface area contributed by atoms with Crippen molar-refractivity contribution in [1.82, 2.24) is 9.19 Å². The molecule has 1 aliphatic carbocycles. The summed E-state index contributed by atoms with van der Waals surface area (Å²) in [4.78, 5) is 12.4. The van der Waals surface area contributed by atoms with Crippen LogP contribution in [0.4, 0.5) is 0 Å². The predicted molar refractivity (Wildman–Crippen MR) is 80.4 cm³/mol. The molecule has 1 saturated carbocycles. The van der Waals surface area contributed by atoms with E-state index in [0.717, 1.165) is 10.8 Å². The van der Waals surface area contributed by atoms with E-state index < -0.39 is 0 Å². The second kappa shape index (κ2) is 5.37. The minimum atomic E-state index is 0.0147.